The molecule has 0 bridgehead atoms. The normalized spacial score (nSPS) is 15.3. The van der Waals surface area contributed by atoms with E-state index in [1.807, 2.05) is 6.07 Å². The molecule has 5 heteroatoms. The Hall–Kier alpha value is -2.04. The van der Waals surface area contributed by atoms with Crippen molar-refractivity contribution in [3.05, 3.63) is 23.8 Å². The van der Waals surface area contributed by atoms with Crippen LogP contribution in [0.2, 0.25) is 0 Å². The van der Waals surface area contributed by atoms with Crippen molar-refractivity contribution in [3.8, 4) is 0 Å². The Balaban J connectivity index is 1.64. The van der Waals surface area contributed by atoms with Gasteiger partial charge in [-0.3, -0.25) is 5.32 Å². The predicted molar refractivity (Wildman–Crippen MR) is 89.1 cm³/mol. The molecular weight excluding hydrogens is 276 g/mol. The van der Waals surface area contributed by atoms with Gasteiger partial charge in [0.25, 0.3) is 0 Å². The number of imidazole rings is 1. The monoisotopic (exact) mass is 300 g/mol. The summed E-state index contributed by atoms with van der Waals surface area (Å²) >= 11 is 0. The second-order valence-electron chi connectivity index (χ2n) is 6.12. The lowest BCUT2D eigenvalue weighted by atomic mass is 10.1. The first kappa shape index (κ1) is 14.9. The molecule has 0 radical (unpaired) electrons. The van der Waals surface area contributed by atoms with Gasteiger partial charge in [0.1, 0.15) is 0 Å². The van der Waals surface area contributed by atoms with Crippen LogP contribution in [0.25, 0.3) is 11.0 Å². The van der Waals surface area contributed by atoms with Gasteiger partial charge in [0.05, 0.1) is 11.0 Å². The number of urea groups is 1. The van der Waals surface area contributed by atoms with Gasteiger partial charge in [-0.2, -0.15) is 0 Å². The molecule has 5 nitrogen and oxygen atoms in total. The van der Waals surface area contributed by atoms with E-state index in [1.54, 1.807) is 0 Å². The standard InChI is InChI=1S/C17H24N4O/c1-2-3-6-12-9-10-14-15(11-12)20-16(19-14)21-17(22)18-13-7-4-5-8-13/h9-11,13H,2-8H2,1H3,(H3,18,19,20,21,22). The lowest BCUT2D eigenvalue weighted by Gasteiger charge is -2.11. The van der Waals surface area contributed by atoms with Crippen LogP contribution in [0.4, 0.5) is 10.7 Å². The first-order chi connectivity index (χ1) is 10.7. The molecule has 0 saturated heterocycles. The van der Waals surface area contributed by atoms with Crippen LogP contribution < -0.4 is 10.6 Å². The summed E-state index contributed by atoms with van der Waals surface area (Å²) in [5.41, 5.74) is 3.17. The van der Waals surface area contributed by atoms with Crippen LogP contribution in [0.15, 0.2) is 18.2 Å². The minimum atomic E-state index is -0.169. The summed E-state index contributed by atoms with van der Waals surface area (Å²) in [5, 5.41) is 5.81. The number of carbonyl (C=O) groups excluding carboxylic acids is 1. The Morgan fingerprint density at radius 2 is 2.18 bits per heavy atom. The van der Waals surface area contributed by atoms with Crippen LogP contribution >= 0.6 is 0 Å². The van der Waals surface area contributed by atoms with Crippen molar-refractivity contribution in [1.82, 2.24) is 15.3 Å². The molecule has 1 aromatic carbocycles. The number of amides is 2. The number of hydrogen-bond acceptors (Lipinski definition) is 2. The molecule has 0 spiro atoms. The molecular formula is C17H24N4O. The second-order valence-corrected chi connectivity index (χ2v) is 6.12. The summed E-state index contributed by atoms with van der Waals surface area (Å²) in [7, 11) is 0. The van der Waals surface area contributed by atoms with Crippen molar-refractivity contribution in [1.29, 1.82) is 0 Å². The fraction of sp³-hybridized carbons (Fsp3) is 0.529. The number of aromatic nitrogens is 2. The number of anilines is 1. The highest BCUT2D eigenvalue weighted by molar-refractivity contribution is 5.90. The quantitative estimate of drug-likeness (QED) is 0.782. The third-order valence-electron chi connectivity index (χ3n) is 4.29. The van der Waals surface area contributed by atoms with E-state index in [2.05, 4.69) is 39.7 Å². The van der Waals surface area contributed by atoms with E-state index in [0.717, 1.165) is 30.3 Å². The highest BCUT2D eigenvalue weighted by Gasteiger charge is 2.17. The molecule has 1 aliphatic carbocycles. The third kappa shape index (κ3) is 3.59. The molecule has 1 aromatic heterocycles. The van der Waals surface area contributed by atoms with E-state index < -0.39 is 0 Å². The van der Waals surface area contributed by atoms with E-state index >= 15 is 0 Å². The first-order valence-corrected chi connectivity index (χ1v) is 8.31. The van der Waals surface area contributed by atoms with Gasteiger partial charge in [0.2, 0.25) is 5.95 Å². The van der Waals surface area contributed by atoms with Crippen molar-refractivity contribution in [2.45, 2.75) is 57.9 Å². The maximum atomic E-state index is 12.0. The van der Waals surface area contributed by atoms with Crippen molar-refractivity contribution >= 4 is 23.0 Å². The van der Waals surface area contributed by atoms with Crippen molar-refractivity contribution in [3.63, 3.8) is 0 Å². The number of H-pyrrole nitrogens is 1. The van der Waals surface area contributed by atoms with Crippen LogP contribution in [0.3, 0.4) is 0 Å². The van der Waals surface area contributed by atoms with Crippen LogP contribution in [0, 0.1) is 0 Å². The smallest absolute Gasteiger partial charge is 0.321 e. The van der Waals surface area contributed by atoms with Crippen molar-refractivity contribution in [2.24, 2.45) is 0 Å². The van der Waals surface area contributed by atoms with Gasteiger partial charge in [-0.25, -0.2) is 9.78 Å². The summed E-state index contributed by atoms with van der Waals surface area (Å²) in [6.07, 6.45) is 8.02. The van der Waals surface area contributed by atoms with Gasteiger partial charge < -0.3 is 10.3 Å². The van der Waals surface area contributed by atoms with Gasteiger partial charge in [-0.05, 0) is 43.4 Å². The number of nitrogens with one attached hydrogen (secondary N) is 3. The summed E-state index contributed by atoms with van der Waals surface area (Å²) in [6.45, 7) is 2.19. The number of carbonyl (C=O) groups is 1. The number of fused-ring (bicyclic) bond motifs is 1. The molecule has 1 saturated carbocycles. The molecule has 1 fully saturated rings. The molecule has 0 atom stereocenters. The third-order valence-corrected chi connectivity index (χ3v) is 4.29. The number of rotatable bonds is 5. The van der Waals surface area contributed by atoms with Gasteiger partial charge in [-0.1, -0.05) is 32.3 Å². The topological polar surface area (TPSA) is 69.8 Å². The van der Waals surface area contributed by atoms with E-state index in [1.165, 1.54) is 31.2 Å². The molecule has 1 aliphatic rings. The molecule has 0 unspecified atom stereocenters. The molecule has 3 N–H and O–H groups in total. The molecule has 1 heterocycles. The summed E-state index contributed by atoms with van der Waals surface area (Å²) in [5.74, 6) is 0.512. The number of nitrogens with zero attached hydrogens (tertiary/aromatic N) is 1. The molecule has 118 valence electrons. The Morgan fingerprint density at radius 1 is 1.36 bits per heavy atom. The molecule has 2 aromatic rings. The SMILES string of the molecule is CCCCc1ccc2nc(NC(=O)NC3CCCC3)[nH]c2c1. The summed E-state index contributed by atoms with van der Waals surface area (Å²) in [4.78, 5) is 19.6. The molecule has 2 amide bonds. The van der Waals surface area contributed by atoms with E-state index in [9.17, 15) is 4.79 Å². The average Bonchev–Trinajstić information content (AvgIpc) is 3.13. The minimum Gasteiger partial charge on any atom is -0.335 e. The van der Waals surface area contributed by atoms with Gasteiger partial charge in [0, 0.05) is 6.04 Å². The zero-order valence-electron chi connectivity index (χ0n) is 13.1. The number of hydrogen-bond donors (Lipinski definition) is 3. The largest absolute Gasteiger partial charge is 0.335 e. The van der Waals surface area contributed by atoms with Crippen molar-refractivity contribution in [2.75, 3.05) is 5.32 Å². The van der Waals surface area contributed by atoms with E-state index in [4.69, 9.17) is 0 Å². The number of unbranched alkanes of at least 4 members (excludes halogenated alkanes) is 1. The van der Waals surface area contributed by atoms with Crippen LogP contribution in [-0.2, 0) is 6.42 Å². The Kier molecular flexibility index (Phi) is 4.61. The molecule has 0 aliphatic heterocycles. The lowest BCUT2D eigenvalue weighted by molar-refractivity contribution is 0.248. The van der Waals surface area contributed by atoms with Gasteiger partial charge in [-0.15, -0.1) is 0 Å². The highest BCUT2D eigenvalue weighted by Crippen LogP contribution is 2.19. The first-order valence-electron chi connectivity index (χ1n) is 8.31. The Morgan fingerprint density at radius 3 is 2.95 bits per heavy atom. The maximum absolute atomic E-state index is 12.0. The summed E-state index contributed by atoms with van der Waals surface area (Å²) in [6, 6.07) is 6.39. The minimum absolute atomic E-state index is 0.169. The second kappa shape index (κ2) is 6.81. The Bertz CT molecular complexity index is 643. The van der Waals surface area contributed by atoms with Crippen LogP contribution in [0.1, 0.15) is 51.0 Å². The van der Waals surface area contributed by atoms with Gasteiger partial charge >= 0.3 is 6.03 Å². The molecule has 3 rings (SSSR count). The van der Waals surface area contributed by atoms with E-state index in [-0.39, 0.29) is 6.03 Å². The zero-order chi connectivity index (χ0) is 15.4. The fourth-order valence-corrected chi connectivity index (χ4v) is 3.05. The molecule has 22 heavy (non-hydrogen) atoms. The number of aryl methyl sites for hydroxylation is 1. The predicted octanol–water partition coefficient (Wildman–Crippen LogP) is 3.97. The zero-order valence-corrected chi connectivity index (χ0v) is 13.1. The maximum Gasteiger partial charge on any atom is 0.321 e. The number of benzene rings is 1. The Labute approximate surface area is 130 Å². The van der Waals surface area contributed by atoms with Crippen molar-refractivity contribution < 1.29 is 4.79 Å². The lowest BCUT2D eigenvalue weighted by Crippen LogP contribution is -2.36. The van der Waals surface area contributed by atoms with Crippen LogP contribution in [0.5, 0.6) is 0 Å². The van der Waals surface area contributed by atoms with Gasteiger partial charge in [0.15, 0.2) is 0 Å². The fourth-order valence-electron chi connectivity index (χ4n) is 3.05. The average molecular weight is 300 g/mol. The van der Waals surface area contributed by atoms with Crippen LogP contribution in [-0.4, -0.2) is 22.0 Å². The number of aromatic amines is 1. The summed E-state index contributed by atoms with van der Waals surface area (Å²) < 4.78 is 0. The van der Waals surface area contributed by atoms with E-state index in [0.29, 0.717) is 12.0 Å². The highest BCUT2D eigenvalue weighted by atomic mass is 16.2.